The van der Waals surface area contributed by atoms with Crippen molar-refractivity contribution in [2.75, 3.05) is 4.90 Å². The molecule has 9 heteroatoms. The van der Waals surface area contributed by atoms with Crippen molar-refractivity contribution in [1.82, 2.24) is 5.32 Å². The number of carbonyl (C=O) groups excluding carboxylic acids is 2. The topological polar surface area (TPSA) is 99.1 Å². The molecular formula is C18H12BrN3O4S. The van der Waals surface area contributed by atoms with E-state index in [9.17, 15) is 14.4 Å². The fourth-order valence-electron chi connectivity index (χ4n) is 2.41. The second-order valence-electron chi connectivity index (χ2n) is 5.55. The molecule has 1 atom stereocenters. The normalized spacial score (nSPS) is 17.3. The monoisotopic (exact) mass is 445 g/mol. The largest absolute Gasteiger partial charge is 0.478 e. The van der Waals surface area contributed by atoms with Crippen LogP contribution in [0.15, 0.2) is 58.0 Å². The zero-order valence-corrected chi connectivity index (χ0v) is 16.0. The number of nitrogens with one attached hydrogen (secondary N) is 1. The molecule has 7 nitrogen and oxygen atoms in total. The maximum atomic E-state index is 12.8. The Morgan fingerprint density at radius 1 is 1.15 bits per heavy atom. The number of rotatable bonds is 4. The van der Waals surface area contributed by atoms with Gasteiger partial charge in [-0.3, -0.25) is 19.5 Å². The molecule has 3 rings (SSSR count). The Morgan fingerprint density at radius 2 is 1.78 bits per heavy atom. The van der Waals surface area contributed by atoms with Crippen molar-refractivity contribution in [1.29, 1.82) is 0 Å². The van der Waals surface area contributed by atoms with E-state index in [1.54, 1.807) is 24.3 Å². The predicted molar refractivity (Wildman–Crippen MR) is 107 cm³/mol. The van der Waals surface area contributed by atoms with Crippen LogP contribution in [-0.2, 0) is 9.59 Å². The summed E-state index contributed by atoms with van der Waals surface area (Å²) in [5.41, 5.74) is 1.06. The van der Waals surface area contributed by atoms with Crippen molar-refractivity contribution in [2.24, 2.45) is 10.9 Å². The van der Waals surface area contributed by atoms with Crippen molar-refractivity contribution in [3.8, 4) is 0 Å². The smallest absolute Gasteiger partial charge is 0.335 e. The molecule has 1 saturated heterocycles. The van der Waals surface area contributed by atoms with Gasteiger partial charge in [0.2, 0.25) is 5.91 Å². The Kier molecular flexibility index (Phi) is 5.43. The second-order valence-corrected chi connectivity index (χ2v) is 6.85. The molecule has 2 amide bonds. The van der Waals surface area contributed by atoms with Gasteiger partial charge >= 0.3 is 5.97 Å². The Hall–Kier alpha value is -2.91. The SMILES string of the molecule is O=C(O)c1ccc(N=C[C@@H]2C(=O)NC(=S)N(c3ccc(Br)cc3)C2=O)cc1. The first-order valence-corrected chi connectivity index (χ1v) is 8.89. The van der Waals surface area contributed by atoms with Gasteiger partial charge in [-0.15, -0.1) is 0 Å². The summed E-state index contributed by atoms with van der Waals surface area (Å²) in [7, 11) is 0. The molecule has 1 aliphatic heterocycles. The van der Waals surface area contributed by atoms with Crippen molar-refractivity contribution in [2.45, 2.75) is 0 Å². The molecule has 0 saturated carbocycles. The van der Waals surface area contributed by atoms with E-state index in [0.29, 0.717) is 11.4 Å². The first-order valence-electron chi connectivity index (χ1n) is 7.69. The van der Waals surface area contributed by atoms with Gasteiger partial charge in [-0.2, -0.15) is 0 Å². The van der Waals surface area contributed by atoms with Gasteiger partial charge in [0, 0.05) is 10.7 Å². The van der Waals surface area contributed by atoms with E-state index in [1.807, 2.05) is 0 Å². The minimum atomic E-state index is -1.15. The molecule has 0 aromatic heterocycles. The molecule has 0 aliphatic carbocycles. The van der Waals surface area contributed by atoms with E-state index in [2.05, 4.69) is 26.2 Å². The summed E-state index contributed by atoms with van der Waals surface area (Å²) < 4.78 is 0.841. The van der Waals surface area contributed by atoms with Gasteiger partial charge in [0.05, 0.1) is 16.9 Å². The quantitative estimate of drug-likeness (QED) is 0.428. The summed E-state index contributed by atoms with van der Waals surface area (Å²) in [5, 5.41) is 11.4. The third-order valence-electron chi connectivity index (χ3n) is 3.77. The first kappa shape index (κ1) is 18.9. The minimum absolute atomic E-state index is 0.00258. The molecule has 0 bridgehead atoms. The predicted octanol–water partition coefficient (Wildman–Crippen LogP) is 2.91. The highest BCUT2D eigenvalue weighted by Gasteiger charge is 2.38. The molecule has 2 aromatic rings. The summed E-state index contributed by atoms with van der Waals surface area (Å²) in [6.45, 7) is 0. The minimum Gasteiger partial charge on any atom is -0.478 e. The number of nitrogens with zero attached hydrogens (tertiary/aromatic N) is 2. The highest BCUT2D eigenvalue weighted by atomic mass is 79.9. The number of thiocarbonyl (C=S) groups is 1. The second kappa shape index (κ2) is 7.77. The number of hydrogen-bond donors (Lipinski definition) is 2. The van der Waals surface area contributed by atoms with Gasteiger partial charge in [0.15, 0.2) is 11.0 Å². The van der Waals surface area contributed by atoms with Crippen LogP contribution in [0.5, 0.6) is 0 Å². The van der Waals surface area contributed by atoms with Crippen LogP contribution >= 0.6 is 28.1 Å². The van der Waals surface area contributed by atoms with Crippen LogP contribution < -0.4 is 10.2 Å². The van der Waals surface area contributed by atoms with E-state index in [-0.39, 0.29) is 10.7 Å². The summed E-state index contributed by atoms with van der Waals surface area (Å²) >= 11 is 8.45. The van der Waals surface area contributed by atoms with E-state index in [4.69, 9.17) is 17.3 Å². The molecule has 0 unspecified atom stereocenters. The van der Waals surface area contributed by atoms with Crippen molar-refractivity contribution in [3.05, 3.63) is 58.6 Å². The maximum absolute atomic E-state index is 12.8. The van der Waals surface area contributed by atoms with Gasteiger partial charge in [-0.05, 0) is 60.7 Å². The Balaban J connectivity index is 1.84. The van der Waals surface area contributed by atoms with Gasteiger partial charge in [-0.25, -0.2) is 4.79 Å². The number of amides is 2. The number of halogens is 1. The molecule has 0 radical (unpaired) electrons. The molecule has 1 aliphatic rings. The zero-order chi connectivity index (χ0) is 19.6. The molecule has 136 valence electrons. The fraction of sp³-hybridized carbons (Fsp3) is 0.0556. The van der Waals surface area contributed by atoms with Crippen LogP contribution in [0.4, 0.5) is 11.4 Å². The number of hydrogen-bond acceptors (Lipinski definition) is 5. The third-order valence-corrected chi connectivity index (χ3v) is 4.59. The molecule has 27 heavy (non-hydrogen) atoms. The van der Waals surface area contributed by atoms with Gasteiger partial charge in [0.25, 0.3) is 5.91 Å². The van der Waals surface area contributed by atoms with Gasteiger partial charge < -0.3 is 10.4 Å². The van der Waals surface area contributed by atoms with Crippen LogP contribution in [0.25, 0.3) is 0 Å². The van der Waals surface area contributed by atoms with Gasteiger partial charge in [-0.1, -0.05) is 15.9 Å². The number of benzene rings is 2. The third kappa shape index (κ3) is 4.09. The van der Waals surface area contributed by atoms with E-state index >= 15 is 0 Å². The summed E-state index contributed by atoms with van der Waals surface area (Å²) in [4.78, 5) is 41.2. The first-order chi connectivity index (χ1) is 12.9. The molecule has 1 fully saturated rings. The van der Waals surface area contributed by atoms with E-state index in [0.717, 1.165) is 4.47 Å². The fourth-order valence-corrected chi connectivity index (χ4v) is 2.97. The van der Waals surface area contributed by atoms with Crippen LogP contribution in [0.2, 0.25) is 0 Å². The lowest BCUT2D eigenvalue weighted by Gasteiger charge is -2.30. The molecule has 1 heterocycles. The van der Waals surface area contributed by atoms with E-state index in [1.165, 1.54) is 35.4 Å². The average Bonchev–Trinajstić information content (AvgIpc) is 2.63. The lowest BCUT2D eigenvalue weighted by Crippen LogP contribution is -2.58. The highest BCUT2D eigenvalue weighted by molar-refractivity contribution is 9.10. The number of carboxylic acid groups (broad SMARTS) is 1. The number of carboxylic acids is 1. The Morgan fingerprint density at radius 3 is 2.37 bits per heavy atom. The molecule has 0 spiro atoms. The van der Waals surface area contributed by atoms with Crippen LogP contribution in [0, 0.1) is 5.92 Å². The highest BCUT2D eigenvalue weighted by Crippen LogP contribution is 2.23. The number of carbonyl (C=O) groups is 3. The summed E-state index contributed by atoms with van der Waals surface area (Å²) in [5.74, 6) is -3.29. The summed E-state index contributed by atoms with van der Waals surface area (Å²) in [6.07, 6.45) is 1.22. The van der Waals surface area contributed by atoms with Crippen LogP contribution in [-0.4, -0.2) is 34.2 Å². The maximum Gasteiger partial charge on any atom is 0.335 e. The molecular weight excluding hydrogens is 434 g/mol. The summed E-state index contributed by atoms with van der Waals surface area (Å²) in [6, 6.07) is 12.7. The van der Waals surface area contributed by atoms with Crippen molar-refractivity contribution >= 4 is 68.6 Å². The standard InChI is InChI=1S/C18H12BrN3O4S/c19-11-3-7-13(8-4-11)22-16(24)14(15(23)21-18(22)27)9-20-12-5-1-10(2-6-12)17(25)26/h1-9,14H,(H,25,26)(H,21,23,27)/t14-/m1/s1. The van der Waals surface area contributed by atoms with Crippen LogP contribution in [0.1, 0.15) is 10.4 Å². The van der Waals surface area contributed by atoms with Crippen molar-refractivity contribution in [3.63, 3.8) is 0 Å². The van der Waals surface area contributed by atoms with Crippen molar-refractivity contribution < 1.29 is 19.5 Å². The Bertz CT molecular complexity index is 958. The Labute approximate surface area is 167 Å². The van der Waals surface area contributed by atoms with E-state index < -0.39 is 23.7 Å². The van der Waals surface area contributed by atoms with Crippen LogP contribution in [0.3, 0.4) is 0 Å². The number of anilines is 1. The number of aliphatic imine (C=N–C) groups is 1. The average molecular weight is 446 g/mol. The van der Waals surface area contributed by atoms with Gasteiger partial charge in [0.1, 0.15) is 0 Å². The lowest BCUT2D eigenvalue weighted by molar-refractivity contribution is -0.130. The molecule has 2 aromatic carbocycles. The molecule has 2 N–H and O–H groups in total. The lowest BCUT2D eigenvalue weighted by atomic mass is 10.1. The number of aromatic carboxylic acids is 1. The zero-order valence-electron chi connectivity index (χ0n) is 13.6.